The minimum Gasteiger partial charge on any atom is -0.359 e. The summed E-state index contributed by atoms with van der Waals surface area (Å²) >= 11 is 12.0. The Kier molecular flexibility index (Phi) is 4.33. The van der Waals surface area contributed by atoms with Crippen LogP contribution in [-0.4, -0.2) is 33.9 Å². The average molecular weight is 329 g/mol. The number of halogens is 2. The quantitative estimate of drug-likeness (QED) is 0.669. The monoisotopic (exact) mass is 328 g/mol. The molecule has 2 aliphatic rings. The number of carbonyl (C=O) groups is 1. The van der Waals surface area contributed by atoms with Crippen molar-refractivity contribution in [3.8, 4) is 0 Å². The fraction of sp³-hybridized carbons (Fsp3) is 0.643. The number of aromatic nitrogens is 2. The summed E-state index contributed by atoms with van der Waals surface area (Å²) in [5.74, 6) is 0.327. The van der Waals surface area contributed by atoms with E-state index in [9.17, 15) is 4.79 Å². The normalized spacial score (nSPS) is 25.7. The zero-order chi connectivity index (χ0) is 15.0. The van der Waals surface area contributed by atoms with Crippen molar-refractivity contribution in [2.24, 2.45) is 5.92 Å². The van der Waals surface area contributed by atoms with Gasteiger partial charge in [0.15, 0.2) is 0 Å². The Hall–Kier alpha value is -0.910. The van der Waals surface area contributed by atoms with Crippen molar-refractivity contribution in [2.45, 2.75) is 44.8 Å². The maximum atomic E-state index is 11.7. The molecule has 3 rings (SSSR count). The molecule has 0 unspecified atom stereocenters. The van der Waals surface area contributed by atoms with E-state index in [0.717, 1.165) is 50.0 Å². The minimum absolute atomic E-state index is 0.161. The van der Waals surface area contributed by atoms with E-state index in [1.807, 2.05) is 0 Å². The SMILES string of the molecule is CNC(=O)C1CCC(N2Cc3nc(Cl)nc(Cl)c3C2)CC1. The van der Waals surface area contributed by atoms with E-state index in [4.69, 9.17) is 23.2 Å². The van der Waals surface area contributed by atoms with Gasteiger partial charge in [0.05, 0.1) is 5.69 Å². The lowest BCUT2D eigenvalue weighted by Gasteiger charge is -2.33. The van der Waals surface area contributed by atoms with Crippen molar-refractivity contribution in [1.82, 2.24) is 20.2 Å². The standard InChI is InChI=1S/C14H18Cl2N4O/c1-17-13(21)8-2-4-9(5-3-8)20-6-10-11(7-20)18-14(16)19-12(10)15/h8-9H,2-7H2,1H3,(H,17,21). The summed E-state index contributed by atoms with van der Waals surface area (Å²) < 4.78 is 0. The van der Waals surface area contributed by atoms with Crippen LogP contribution in [0.4, 0.5) is 0 Å². The van der Waals surface area contributed by atoms with Gasteiger partial charge in [-0.1, -0.05) is 11.6 Å². The van der Waals surface area contributed by atoms with Crippen LogP contribution in [0.25, 0.3) is 0 Å². The second-order valence-electron chi connectivity index (χ2n) is 5.73. The van der Waals surface area contributed by atoms with Crippen LogP contribution < -0.4 is 5.32 Å². The second-order valence-corrected chi connectivity index (χ2v) is 6.43. The Bertz CT molecular complexity index is 558. The molecule has 0 radical (unpaired) electrons. The van der Waals surface area contributed by atoms with Gasteiger partial charge >= 0.3 is 0 Å². The lowest BCUT2D eigenvalue weighted by Crippen LogP contribution is -2.38. The number of nitrogens with zero attached hydrogens (tertiary/aromatic N) is 3. The van der Waals surface area contributed by atoms with Crippen molar-refractivity contribution in [3.05, 3.63) is 21.7 Å². The average Bonchev–Trinajstić information content (AvgIpc) is 2.91. The van der Waals surface area contributed by atoms with Crippen LogP contribution in [-0.2, 0) is 17.9 Å². The van der Waals surface area contributed by atoms with Gasteiger partial charge in [-0.15, -0.1) is 0 Å². The van der Waals surface area contributed by atoms with Crippen molar-refractivity contribution in [1.29, 1.82) is 0 Å². The molecule has 1 saturated carbocycles. The lowest BCUT2D eigenvalue weighted by molar-refractivity contribution is -0.125. The topological polar surface area (TPSA) is 58.1 Å². The molecule has 0 saturated heterocycles. The van der Waals surface area contributed by atoms with Gasteiger partial charge in [0.2, 0.25) is 11.2 Å². The number of hydrogen-bond acceptors (Lipinski definition) is 4. The largest absolute Gasteiger partial charge is 0.359 e. The first kappa shape index (κ1) is 15.0. The molecule has 2 heterocycles. The molecule has 7 heteroatoms. The number of hydrogen-bond donors (Lipinski definition) is 1. The Morgan fingerprint density at radius 2 is 1.90 bits per heavy atom. The summed E-state index contributed by atoms with van der Waals surface area (Å²) in [6.07, 6.45) is 3.95. The summed E-state index contributed by atoms with van der Waals surface area (Å²) in [6.45, 7) is 1.55. The molecule has 0 bridgehead atoms. The second kappa shape index (κ2) is 6.07. The molecule has 1 amide bonds. The molecule has 1 N–H and O–H groups in total. The Morgan fingerprint density at radius 3 is 2.57 bits per heavy atom. The van der Waals surface area contributed by atoms with E-state index in [-0.39, 0.29) is 17.1 Å². The van der Waals surface area contributed by atoms with Crippen LogP contribution in [0, 0.1) is 5.92 Å². The first-order valence-corrected chi connectivity index (χ1v) is 8.00. The lowest BCUT2D eigenvalue weighted by atomic mass is 9.85. The summed E-state index contributed by atoms with van der Waals surface area (Å²) in [5, 5.41) is 3.42. The van der Waals surface area contributed by atoms with E-state index < -0.39 is 0 Å². The van der Waals surface area contributed by atoms with E-state index >= 15 is 0 Å². The fourth-order valence-electron chi connectivity index (χ4n) is 3.38. The highest BCUT2D eigenvalue weighted by molar-refractivity contribution is 6.32. The van der Waals surface area contributed by atoms with Crippen LogP contribution in [0.3, 0.4) is 0 Å². The molecule has 1 aliphatic heterocycles. The van der Waals surface area contributed by atoms with Gasteiger partial charge in [0, 0.05) is 37.7 Å². The Balaban J connectivity index is 1.64. The summed E-state index contributed by atoms with van der Waals surface area (Å²) in [4.78, 5) is 22.3. The smallest absolute Gasteiger partial charge is 0.224 e. The Labute approximate surface area is 134 Å². The zero-order valence-electron chi connectivity index (χ0n) is 11.9. The number of amides is 1. The number of rotatable bonds is 2. The summed E-state index contributed by atoms with van der Waals surface area (Å²) in [7, 11) is 1.70. The summed E-state index contributed by atoms with van der Waals surface area (Å²) in [5.41, 5.74) is 1.93. The number of nitrogens with one attached hydrogen (secondary N) is 1. The van der Waals surface area contributed by atoms with Gasteiger partial charge in [-0.25, -0.2) is 9.97 Å². The van der Waals surface area contributed by atoms with E-state index in [1.165, 1.54) is 0 Å². The molecule has 0 aromatic carbocycles. The highest BCUT2D eigenvalue weighted by atomic mass is 35.5. The van der Waals surface area contributed by atoms with Crippen molar-refractivity contribution in [2.75, 3.05) is 7.05 Å². The number of fused-ring (bicyclic) bond motifs is 1. The van der Waals surface area contributed by atoms with Crippen LogP contribution in [0.1, 0.15) is 36.9 Å². The molecule has 0 atom stereocenters. The molecule has 21 heavy (non-hydrogen) atoms. The highest BCUT2D eigenvalue weighted by Gasteiger charge is 2.33. The van der Waals surface area contributed by atoms with E-state index in [2.05, 4.69) is 20.2 Å². The van der Waals surface area contributed by atoms with Crippen molar-refractivity contribution < 1.29 is 4.79 Å². The fourth-order valence-corrected chi connectivity index (χ4v) is 3.85. The predicted molar refractivity (Wildman–Crippen MR) is 81.1 cm³/mol. The molecule has 1 aromatic rings. The van der Waals surface area contributed by atoms with Gasteiger partial charge in [-0.2, -0.15) is 0 Å². The van der Waals surface area contributed by atoms with Gasteiger partial charge in [0.1, 0.15) is 5.15 Å². The first-order chi connectivity index (χ1) is 10.1. The maximum absolute atomic E-state index is 11.7. The minimum atomic E-state index is 0.161. The molecule has 1 aliphatic carbocycles. The van der Waals surface area contributed by atoms with Gasteiger partial charge < -0.3 is 5.32 Å². The van der Waals surface area contributed by atoms with Crippen LogP contribution in [0.5, 0.6) is 0 Å². The summed E-state index contributed by atoms with van der Waals surface area (Å²) in [6, 6.07) is 0.481. The first-order valence-electron chi connectivity index (χ1n) is 7.25. The molecule has 5 nitrogen and oxygen atoms in total. The number of carbonyl (C=O) groups excluding carboxylic acids is 1. The zero-order valence-corrected chi connectivity index (χ0v) is 13.4. The van der Waals surface area contributed by atoms with Gasteiger partial charge in [-0.3, -0.25) is 9.69 Å². The Morgan fingerprint density at radius 1 is 1.19 bits per heavy atom. The highest BCUT2D eigenvalue weighted by Crippen LogP contribution is 2.34. The third-order valence-corrected chi connectivity index (χ3v) is 5.04. The van der Waals surface area contributed by atoms with Gasteiger partial charge in [0.25, 0.3) is 0 Å². The van der Waals surface area contributed by atoms with E-state index in [1.54, 1.807) is 7.05 Å². The molecule has 0 spiro atoms. The molecular weight excluding hydrogens is 311 g/mol. The predicted octanol–water partition coefficient (Wildman–Crippen LogP) is 2.40. The van der Waals surface area contributed by atoms with Gasteiger partial charge in [-0.05, 0) is 37.3 Å². The molecular formula is C14H18Cl2N4O. The third-order valence-electron chi connectivity index (χ3n) is 4.56. The van der Waals surface area contributed by atoms with Crippen molar-refractivity contribution in [3.63, 3.8) is 0 Å². The third kappa shape index (κ3) is 3.00. The van der Waals surface area contributed by atoms with Crippen LogP contribution >= 0.6 is 23.2 Å². The maximum Gasteiger partial charge on any atom is 0.224 e. The van der Waals surface area contributed by atoms with Crippen LogP contribution in [0.2, 0.25) is 10.4 Å². The van der Waals surface area contributed by atoms with Crippen LogP contribution in [0.15, 0.2) is 0 Å². The molecule has 114 valence electrons. The molecule has 1 fully saturated rings. The molecule has 1 aromatic heterocycles. The van der Waals surface area contributed by atoms with Crippen molar-refractivity contribution >= 4 is 29.1 Å². The van der Waals surface area contributed by atoms with E-state index in [0.29, 0.717) is 11.2 Å².